The van der Waals surface area contributed by atoms with Gasteiger partial charge in [-0.25, -0.2) is 4.68 Å². The molecule has 0 atom stereocenters. The van der Waals surface area contributed by atoms with Crippen molar-refractivity contribution in [2.45, 2.75) is 45.2 Å². The molecule has 34 heavy (non-hydrogen) atoms. The molecule has 1 aromatic heterocycles. The third kappa shape index (κ3) is 6.20. The highest BCUT2D eigenvalue weighted by atomic mass is 19.4. The Morgan fingerprint density at radius 3 is 2.26 bits per heavy atom. The molecule has 4 rings (SSSR count). The van der Waals surface area contributed by atoms with Crippen molar-refractivity contribution in [1.29, 1.82) is 0 Å². The van der Waals surface area contributed by atoms with Crippen LogP contribution in [0.25, 0.3) is 5.69 Å². The number of hydrogen-bond donors (Lipinski definition) is 0. The molecule has 1 saturated heterocycles. The first-order valence-corrected chi connectivity index (χ1v) is 12.2. The number of benzene rings is 2. The molecule has 0 unspecified atom stereocenters. The Labute approximate surface area is 200 Å². The molecule has 182 valence electrons. The maximum atomic E-state index is 13.0. The maximum Gasteiger partial charge on any atom is 0.416 e. The third-order valence-electron chi connectivity index (χ3n) is 6.41. The average molecular weight is 471 g/mol. The summed E-state index contributed by atoms with van der Waals surface area (Å²) in [7, 11) is 0. The van der Waals surface area contributed by atoms with Crippen molar-refractivity contribution in [3.63, 3.8) is 0 Å². The summed E-state index contributed by atoms with van der Waals surface area (Å²) in [6.45, 7) is 6.46. The number of hydrogen-bond acceptors (Lipinski definition) is 3. The van der Waals surface area contributed by atoms with Crippen molar-refractivity contribution in [2.75, 3.05) is 37.6 Å². The lowest BCUT2D eigenvalue weighted by Gasteiger charge is -2.36. The molecule has 1 fully saturated rings. The molecule has 0 amide bonds. The molecule has 0 radical (unpaired) electrons. The van der Waals surface area contributed by atoms with E-state index in [2.05, 4.69) is 39.6 Å². The molecule has 2 heterocycles. The van der Waals surface area contributed by atoms with Gasteiger partial charge in [0.25, 0.3) is 0 Å². The van der Waals surface area contributed by atoms with Crippen LogP contribution in [-0.2, 0) is 19.0 Å². The molecule has 0 spiro atoms. The highest BCUT2D eigenvalue weighted by molar-refractivity contribution is 5.49. The monoisotopic (exact) mass is 470 g/mol. The fraction of sp³-hybridized carbons (Fsp3) is 0.444. The van der Waals surface area contributed by atoms with Crippen molar-refractivity contribution >= 4 is 5.69 Å². The van der Waals surface area contributed by atoms with Crippen LogP contribution in [0.2, 0.25) is 0 Å². The molecule has 0 saturated carbocycles. The van der Waals surface area contributed by atoms with Crippen LogP contribution < -0.4 is 4.90 Å². The van der Waals surface area contributed by atoms with E-state index in [-0.39, 0.29) is 0 Å². The lowest BCUT2D eigenvalue weighted by atomic mass is 10.1. The smallest absolute Gasteiger partial charge is 0.369 e. The predicted molar refractivity (Wildman–Crippen MR) is 131 cm³/mol. The summed E-state index contributed by atoms with van der Waals surface area (Å²) in [6.07, 6.45) is 0.922. The van der Waals surface area contributed by atoms with Crippen LogP contribution in [-0.4, -0.2) is 47.4 Å². The van der Waals surface area contributed by atoms with Gasteiger partial charge in [-0.3, -0.25) is 4.90 Å². The van der Waals surface area contributed by atoms with Crippen LogP contribution >= 0.6 is 0 Å². The fourth-order valence-corrected chi connectivity index (χ4v) is 4.57. The molecule has 0 bridgehead atoms. The summed E-state index contributed by atoms with van der Waals surface area (Å²) >= 11 is 0. The molecular formula is C27H33F3N4. The molecule has 0 N–H and O–H groups in total. The number of unbranched alkanes of at least 4 members (excludes halogenated alkanes) is 1. The zero-order chi connectivity index (χ0) is 24.0. The van der Waals surface area contributed by atoms with Crippen LogP contribution in [0.15, 0.2) is 60.7 Å². The fourth-order valence-electron chi connectivity index (χ4n) is 4.57. The molecule has 7 heteroatoms. The van der Waals surface area contributed by atoms with Gasteiger partial charge in [0, 0.05) is 37.6 Å². The van der Waals surface area contributed by atoms with E-state index in [1.54, 1.807) is 6.07 Å². The molecule has 3 aromatic rings. The number of aromatic nitrogens is 2. The molecule has 4 nitrogen and oxygen atoms in total. The second-order valence-corrected chi connectivity index (χ2v) is 8.96. The Bertz CT molecular complexity index is 1040. The Hall–Kier alpha value is -2.80. The van der Waals surface area contributed by atoms with Crippen molar-refractivity contribution in [3.05, 3.63) is 77.6 Å². The van der Waals surface area contributed by atoms with Crippen LogP contribution in [0, 0.1) is 0 Å². The molecule has 0 aliphatic carbocycles. The molecular weight excluding hydrogens is 437 g/mol. The number of nitrogens with zero attached hydrogens (tertiary/aromatic N) is 4. The topological polar surface area (TPSA) is 24.3 Å². The van der Waals surface area contributed by atoms with E-state index < -0.39 is 11.7 Å². The van der Waals surface area contributed by atoms with E-state index in [0.29, 0.717) is 5.69 Å². The summed E-state index contributed by atoms with van der Waals surface area (Å²) in [5, 5.41) is 4.87. The van der Waals surface area contributed by atoms with Gasteiger partial charge in [-0.05, 0) is 68.6 Å². The van der Waals surface area contributed by atoms with Crippen LogP contribution in [0.4, 0.5) is 18.9 Å². The first kappa shape index (κ1) is 24.3. The summed E-state index contributed by atoms with van der Waals surface area (Å²) in [5.74, 6) is 0. The van der Waals surface area contributed by atoms with Gasteiger partial charge in [0.15, 0.2) is 0 Å². The minimum absolute atomic E-state index is 0.579. The van der Waals surface area contributed by atoms with Gasteiger partial charge >= 0.3 is 6.18 Å². The second-order valence-electron chi connectivity index (χ2n) is 8.96. The quantitative estimate of drug-likeness (QED) is 0.359. The number of anilines is 1. The second kappa shape index (κ2) is 11.1. The number of alkyl halides is 3. The summed E-state index contributed by atoms with van der Waals surface area (Å²) in [6, 6.07) is 18.2. The largest absolute Gasteiger partial charge is 0.416 e. The van der Waals surface area contributed by atoms with Crippen molar-refractivity contribution in [3.8, 4) is 5.69 Å². The van der Waals surface area contributed by atoms with Crippen molar-refractivity contribution in [2.24, 2.45) is 0 Å². The highest BCUT2D eigenvalue weighted by Gasteiger charge is 2.31. The predicted octanol–water partition coefficient (Wildman–Crippen LogP) is 5.99. The third-order valence-corrected chi connectivity index (χ3v) is 6.41. The van der Waals surface area contributed by atoms with Crippen LogP contribution in [0.5, 0.6) is 0 Å². The molecule has 1 aliphatic heterocycles. The normalized spacial score (nSPS) is 15.1. The number of aryl methyl sites for hydroxylation is 2. The summed E-state index contributed by atoms with van der Waals surface area (Å²) < 4.78 is 41.1. The van der Waals surface area contributed by atoms with E-state index in [0.717, 1.165) is 82.3 Å². The maximum absolute atomic E-state index is 13.0. The number of rotatable bonds is 9. The average Bonchev–Trinajstić information content (AvgIpc) is 3.25. The first-order chi connectivity index (χ1) is 16.4. The first-order valence-electron chi connectivity index (χ1n) is 12.2. The van der Waals surface area contributed by atoms with E-state index in [9.17, 15) is 13.2 Å². The van der Waals surface area contributed by atoms with Crippen molar-refractivity contribution < 1.29 is 13.2 Å². The zero-order valence-electron chi connectivity index (χ0n) is 19.8. The van der Waals surface area contributed by atoms with Gasteiger partial charge in [-0.2, -0.15) is 18.3 Å². The lowest BCUT2D eigenvalue weighted by molar-refractivity contribution is -0.137. The Morgan fingerprint density at radius 2 is 1.56 bits per heavy atom. The van der Waals surface area contributed by atoms with Gasteiger partial charge in [-0.1, -0.05) is 37.6 Å². The standard InChI is InChI=1S/C27H33F3N4/c1-2-9-26-21-23(31-34(26)24-12-4-3-5-13-24)11-6-7-15-32-16-18-33(19-17-32)25-14-8-10-22(20-25)27(28,29)30/h3-5,8,10,12-14,20-21H,2,6-7,9,11,15-19H2,1H3. The van der Waals surface area contributed by atoms with E-state index in [1.165, 1.54) is 17.8 Å². The minimum Gasteiger partial charge on any atom is -0.369 e. The SMILES string of the molecule is CCCc1cc(CCCCN2CCN(c3cccc(C(F)(F)F)c3)CC2)nn1-c1ccccc1. The van der Waals surface area contributed by atoms with Gasteiger partial charge in [-0.15, -0.1) is 0 Å². The Kier molecular flexibility index (Phi) is 7.93. The Balaban J connectivity index is 1.24. The van der Waals surface area contributed by atoms with Gasteiger partial charge in [0.05, 0.1) is 16.9 Å². The van der Waals surface area contributed by atoms with E-state index in [1.807, 2.05) is 18.2 Å². The van der Waals surface area contributed by atoms with Gasteiger partial charge in [0.2, 0.25) is 0 Å². The summed E-state index contributed by atoms with van der Waals surface area (Å²) in [4.78, 5) is 4.46. The summed E-state index contributed by atoms with van der Waals surface area (Å²) in [5.41, 5.74) is 3.59. The van der Waals surface area contributed by atoms with Gasteiger partial charge in [0.1, 0.15) is 0 Å². The van der Waals surface area contributed by atoms with Gasteiger partial charge < -0.3 is 4.90 Å². The van der Waals surface area contributed by atoms with E-state index >= 15 is 0 Å². The number of piperazine rings is 1. The number of halogens is 3. The molecule has 1 aliphatic rings. The van der Waals surface area contributed by atoms with Crippen LogP contribution in [0.3, 0.4) is 0 Å². The number of para-hydroxylation sites is 1. The highest BCUT2D eigenvalue weighted by Crippen LogP contribution is 2.31. The molecule has 2 aromatic carbocycles. The zero-order valence-corrected chi connectivity index (χ0v) is 19.8. The Morgan fingerprint density at radius 1 is 0.824 bits per heavy atom. The lowest BCUT2D eigenvalue weighted by Crippen LogP contribution is -2.46. The minimum atomic E-state index is -4.30. The van der Waals surface area contributed by atoms with E-state index in [4.69, 9.17) is 5.10 Å². The van der Waals surface area contributed by atoms with Crippen molar-refractivity contribution in [1.82, 2.24) is 14.7 Å². The van der Waals surface area contributed by atoms with Crippen LogP contribution in [0.1, 0.15) is 43.1 Å².